The number of anilines is 1. The number of aromatic nitrogens is 1. The van der Waals surface area contributed by atoms with Crippen LogP contribution >= 0.6 is 0 Å². The van der Waals surface area contributed by atoms with Gasteiger partial charge in [0.15, 0.2) is 11.5 Å². The Kier molecular flexibility index (Phi) is 4.36. The Morgan fingerprint density at radius 3 is 2.56 bits per heavy atom. The van der Waals surface area contributed by atoms with E-state index in [4.69, 9.17) is 9.47 Å². The summed E-state index contributed by atoms with van der Waals surface area (Å²) in [7, 11) is 0. The second kappa shape index (κ2) is 6.83. The highest BCUT2D eigenvalue weighted by molar-refractivity contribution is 6.05. The van der Waals surface area contributed by atoms with Gasteiger partial charge < -0.3 is 19.4 Å². The van der Waals surface area contributed by atoms with Gasteiger partial charge in [0.25, 0.3) is 5.91 Å². The lowest BCUT2D eigenvalue weighted by Gasteiger charge is -2.19. The van der Waals surface area contributed by atoms with Crippen LogP contribution in [-0.2, 0) is 0 Å². The maximum absolute atomic E-state index is 12.9. The van der Waals surface area contributed by atoms with Crippen LogP contribution in [0.2, 0.25) is 0 Å². The highest BCUT2D eigenvalue weighted by atomic mass is 16.7. The molecule has 5 heteroatoms. The molecule has 0 saturated heterocycles. The Balaban J connectivity index is 1.60. The summed E-state index contributed by atoms with van der Waals surface area (Å²) in [6, 6.07) is 17.8. The van der Waals surface area contributed by atoms with Crippen LogP contribution in [0.3, 0.4) is 0 Å². The third kappa shape index (κ3) is 3.16. The molecule has 1 aliphatic rings. The van der Waals surface area contributed by atoms with Crippen molar-refractivity contribution in [3.63, 3.8) is 0 Å². The summed E-state index contributed by atoms with van der Waals surface area (Å²) in [6.07, 6.45) is 0. The molecule has 1 aromatic heterocycles. The first-order valence-corrected chi connectivity index (χ1v) is 8.99. The first-order valence-electron chi connectivity index (χ1n) is 8.99. The van der Waals surface area contributed by atoms with E-state index in [0.29, 0.717) is 22.7 Å². The number of hydrogen-bond acceptors (Lipinski definition) is 3. The molecular formula is C22H22N2O3. The van der Waals surface area contributed by atoms with Crippen molar-refractivity contribution < 1.29 is 14.3 Å². The lowest BCUT2D eigenvalue weighted by Crippen LogP contribution is -2.15. The van der Waals surface area contributed by atoms with Crippen LogP contribution in [0.25, 0.3) is 0 Å². The number of ether oxygens (including phenoxy) is 2. The summed E-state index contributed by atoms with van der Waals surface area (Å²) in [5.74, 6) is 1.22. The van der Waals surface area contributed by atoms with Gasteiger partial charge in [-0.2, -0.15) is 0 Å². The Morgan fingerprint density at radius 1 is 1.04 bits per heavy atom. The van der Waals surface area contributed by atoms with Crippen LogP contribution in [0.1, 0.15) is 40.3 Å². The number of fused-ring (bicyclic) bond motifs is 1. The molecule has 0 bridgehead atoms. The van der Waals surface area contributed by atoms with Crippen molar-refractivity contribution in [1.82, 2.24) is 4.57 Å². The summed E-state index contributed by atoms with van der Waals surface area (Å²) in [5, 5.41) is 2.96. The molecule has 0 radical (unpaired) electrons. The van der Waals surface area contributed by atoms with Crippen molar-refractivity contribution in [1.29, 1.82) is 0 Å². The third-order valence-electron chi connectivity index (χ3n) is 5.03. The predicted octanol–water partition coefficient (Wildman–Crippen LogP) is 4.70. The van der Waals surface area contributed by atoms with Crippen LogP contribution in [0.4, 0.5) is 5.69 Å². The second-order valence-corrected chi connectivity index (χ2v) is 6.76. The maximum Gasteiger partial charge on any atom is 0.257 e. The van der Waals surface area contributed by atoms with E-state index in [1.54, 1.807) is 12.1 Å². The van der Waals surface area contributed by atoms with Crippen molar-refractivity contribution in [2.75, 3.05) is 12.1 Å². The molecule has 0 aliphatic carbocycles. The van der Waals surface area contributed by atoms with E-state index in [2.05, 4.69) is 28.9 Å². The lowest BCUT2D eigenvalue weighted by molar-refractivity contribution is 0.102. The third-order valence-corrected chi connectivity index (χ3v) is 5.03. The van der Waals surface area contributed by atoms with Crippen LogP contribution in [-0.4, -0.2) is 17.3 Å². The Morgan fingerprint density at radius 2 is 1.78 bits per heavy atom. The van der Waals surface area contributed by atoms with Crippen molar-refractivity contribution in [3.8, 4) is 11.5 Å². The summed E-state index contributed by atoms with van der Waals surface area (Å²) < 4.78 is 12.9. The molecule has 27 heavy (non-hydrogen) atoms. The summed E-state index contributed by atoms with van der Waals surface area (Å²) in [4.78, 5) is 12.9. The SMILES string of the molecule is Cc1cc(C(=O)Nc2ccc3c(c2)OCO3)c(C)n1C(C)c1ccccc1. The zero-order valence-electron chi connectivity index (χ0n) is 15.7. The first-order chi connectivity index (χ1) is 13.0. The van der Waals surface area contributed by atoms with Gasteiger partial charge in [0.2, 0.25) is 6.79 Å². The lowest BCUT2D eigenvalue weighted by atomic mass is 10.1. The molecule has 2 aromatic carbocycles. The number of carbonyl (C=O) groups is 1. The number of hydrogen-bond donors (Lipinski definition) is 1. The molecule has 1 unspecified atom stereocenters. The van der Waals surface area contributed by atoms with E-state index in [1.807, 2.05) is 44.2 Å². The van der Waals surface area contributed by atoms with Gasteiger partial charge in [0.1, 0.15) is 0 Å². The minimum Gasteiger partial charge on any atom is -0.454 e. The topological polar surface area (TPSA) is 52.5 Å². The summed E-state index contributed by atoms with van der Waals surface area (Å²) in [5.41, 5.74) is 4.57. The Hall–Kier alpha value is -3.21. The summed E-state index contributed by atoms with van der Waals surface area (Å²) >= 11 is 0. The van der Waals surface area contributed by atoms with Crippen molar-refractivity contribution in [2.24, 2.45) is 0 Å². The monoisotopic (exact) mass is 362 g/mol. The quantitative estimate of drug-likeness (QED) is 0.732. The van der Waals surface area contributed by atoms with Gasteiger partial charge in [0.05, 0.1) is 11.6 Å². The minimum absolute atomic E-state index is 0.131. The van der Waals surface area contributed by atoms with Crippen LogP contribution in [0.15, 0.2) is 54.6 Å². The van der Waals surface area contributed by atoms with Gasteiger partial charge >= 0.3 is 0 Å². The molecule has 1 amide bonds. The van der Waals surface area contributed by atoms with Crippen molar-refractivity contribution >= 4 is 11.6 Å². The van der Waals surface area contributed by atoms with Crippen LogP contribution in [0.5, 0.6) is 11.5 Å². The highest BCUT2D eigenvalue weighted by Crippen LogP contribution is 2.34. The summed E-state index contributed by atoms with van der Waals surface area (Å²) in [6.45, 7) is 6.38. The van der Waals surface area contributed by atoms with E-state index < -0.39 is 0 Å². The number of nitrogens with one attached hydrogen (secondary N) is 1. The smallest absolute Gasteiger partial charge is 0.257 e. The van der Waals surface area contributed by atoms with E-state index in [0.717, 1.165) is 11.4 Å². The van der Waals surface area contributed by atoms with E-state index in [-0.39, 0.29) is 18.7 Å². The average Bonchev–Trinajstić information content (AvgIpc) is 3.25. The average molecular weight is 362 g/mol. The molecule has 0 saturated carbocycles. The fraction of sp³-hybridized carbons (Fsp3) is 0.227. The van der Waals surface area contributed by atoms with Crippen LogP contribution < -0.4 is 14.8 Å². The molecule has 1 atom stereocenters. The standard InChI is InChI=1S/C22H22N2O3/c1-14-11-19(16(3)24(14)15(2)17-7-5-4-6-8-17)22(25)23-18-9-10-20-21(12-18)27-13-26-20/h4-12,15H,13H2,1-3H3,(H,23,25). The minimum atomic E-state index is -0.131. The zero-order chi connectivity index (χ0) is 19.0. The molecule has 1 N–H and O–H groups in total. The van der Waals surface area contributed by atoms with Gasteiger partial charge in [0, 0.05) is 23.1 Å². The maximum atomic E-state index is 12.9. The zero-order valence-corrected chi connectivity index (χ0v) is 15.7. The Labute approximate surface area is 158 Å². The predicted molar refractivity (Wildman–Crippen MR) is 105 cm³/mol. The number of carbonyl (C=O) groups excluding carboxylic acids is 1. The Bertz CT molecular complexity index is 992. The van der Waals surface area contributed by atoms with Gasteiger partial charge in [-0.05, 0) is 44.5 Å². The van der Waals surface area contributed by atoms with E-state index in [9.17, 15) is 4.79 Å². The van der Waals surface area contributed by atoms with Gasteiger partial charge in [-0.15, -0.1) is 0 Å². The number of amides is 1. The molecule has 3 aromatic rings. The molecular weight excluding hydrogens is 340 g/mol. The van der Waals surface area contributed by atoms with E-state index >= 15 is 0 Å². The van der Waals surface area contributed by atoms with Gasteiger partial charge in [-0.3, -0.25) is 4.79 Å². The molecule has 4 rings (SSSR count). The fourth-order valence-electron chi connectivity index (χ4n) is 3.66. The molecule has 2 heterocycles. The number of nitrogens with zero attached hydrogens (tertiary/aromatic N) is 1. The largest absolute Gasteiger partial charge is 0.454 e. The normalized spacial score (nSPS) is 13.4. The van der Waals surface area contributed by atoms with Crippen molar-refractivity contribution in [3.05, 3.63) is 77.1 Å². The highest BCUT2D eigenvalue weighted by Gasteiger charge is 2.20. The molecule has 1 aliphatic heterocycles. The van der Waals surface area contributed by atoms with Gasteiger partial charge in [-0.1, -0.05) is 30.3 Å². The van der Waals surface area contributed by atoms with E-state index in [1.165, 1.54) is 5.56 Å². The fourth-order valence-corrected chi connectivity index (χ4v) is 3.66. The van der Waals surface area contributed by atoms with Gasteiger partial charge in [-0.25, -0.2) is 0 Å². The molecule has 0 fully saturated rings. The first kappa shape index (κ1) is 17.2. The van der Waals surface area contributed by atoms with Crippen molar-refractivity contribution in [2.45, 2.75) is 26.8 Å². The van der Waals surface area contributed by atoms with Crippen LogP contribution in [0, 0.1) is 13.8 Å². The number of aryl methyl sites for hydroxylation is 1. The molecule has 0 spiro atoms. The molecule has 138 valence electrons. The second-order valence-electron chi connectivity index (χ2n) is 6.76. The number of benzene rings is 2. The molecule has 5 nitrogen and oxygen atoms in total. The number of rotatable bonds is 4.